The zero-order valence-corrected chi connectivity index (χ0v) is 26.2. The summed E-state index contributed by atoms with van der Waals surface area (Å²) >= 11 is 0.143. The van der Waals surface area contributed by atoms with Crippen molar-refractivity contribution in [3.8, 4) is 34.2 Å². The second-order valence-corrected chi connectivity index (χ2v) is 13.8. The van der Waals surface area contributed by atoms with E-state index in [0.29, 0.717) is 17.5 Å². The molecule has 0 unspecified atom stereocenters. The average Bonchev–Trinajstić information content (AvgIpc) is 3.70. The van der Waals surface area contributed by atoms with Gasteiger partial charge in [-0.2, -0.15) is 0 Å². The predicted molar refractivity (Wildman–Crippen MR) is 190 cm³/mol. The molecule has 0 bridgehead atoms. The van der Waals surface area contributed by atoms with Crippen molar-refractivity contribution in [1.82, 2.24) is 15.0 Å². The summed E-state index contributed by atoms with van der Waals surface area (Å²) in [4.78, 5) is 15.6. The molecule has 0 radical (unpaired) electrons. The summed E-state index contributed by atoms with van der Waals surface area (Å²) < 4.78 is 9.04. The second kappa shape index (κ2) is 9.95. The molecule has 10 rings (SSSR count). The molecule has 0 aliphatic heterocycles. The van der Waals surface area contributed by atoms with Crippen LogP contribution in [-0.2, 0) is 0 Å². The SMILES string of the molecule is c1ccc(-c2nc(-c3cccc4oc5ccccc5c34)nc(-c3cc4ccc5ccccc5c4c4[se]c5ccccc5c34)n2)cc1. The van der Waals surface area contributed by atoms with Crippen molar-refractivity contribution in [1.29, 1.82) is 0 Å². The van der Waals surface area contributed by atoms with E-state index in [0.717, 1.165) is 38.6 Å². The molecule has 0 aliphatic carbocycles. The van der Waals surface area contributed by atoms with E-state index in [9.17, 15) is 0 Å². The molecule has 10 aromatic rings. The molecule has 0 amide bonds. The standard InChI is InChI=1S/C41H23N3OSe/c1-2-12-25(13-3-1)39-42-40(30-17-10-19-33-36(30)28-15-6-8-18-32(28)45-33)44-41(43-39)31-23-26-22-21-24-11-4-5-14-27(24)35(26)38-37(31)29-16-7-9-20-34(29)46-38/h1-23H. The first kappa shape index (κ1) is 25.7. The maximum absolute atomic E-state index is 6.26. The number of aromatic nitrogens is 3. The maximum atomic E-state index is 6.26. The number of rotatable bonds is 3. The number of benzene rings is 7. The van der Waals surface area contributed by atoms with E-state index in [2.05, 4.69) is 91.0 Å². The topological polar surface area (TPSA) is 51.8 Å². The monoisotopic (exact) mass is 653 g/mol. The van der Waals surface area contributed by atoms with Crippen LogP contribution in [0.3, 0.4) is 0 Å². The first-order valence-electron chi connectivity index (χ1n) is 15.3. The van der Waals surface area contributed by atoms with Crippen LogP contribution in [0.25, 0.3) is 96.9 Å². The van der Waals surface area contributed by atoms with Gasteiger partial charge in [-0.1, -0.05) is 0 Å². The molecule has 0 spiro atoms. The molecule has 3 aromatic heterocycles. The van der Waals surface area contributed by atoms with Gasteiger partial charge in [-0.05, 0) is 0 Å². The van der Waals surface area contributed by atoms with Gasteiger partial charge in [-0.25, -0.2) is 0 Å². The third-order valence-electron chi connectivity index (χ3n) is 8.90. The fraction of sp³-hybridized carbons (Fsp3) is 0. The quantitative estimate of drug-likeness (QED) is 0.141. The molecule has 0 saturated heterocycles. The summed E-state index contributed by atoms with van der Waals surface area (Å²) in [5, 5.41) is 9.65. The van der Waals surface area contributed by atoms with Gasteiger partial charge in [0.15, 0.2) is 0 Å². The molecule has 46 heavy (non-hydrogen) atoms. The van der Waals surface area contributed by atoms with E-state index >= 15 is 0 Å². The van der Waals surface area contributed by atoms with Gasteiger partial charge in [0.1, 0.15) is 0 Å². The van der Waals surface area contributed by atoms with Crippen molar-refractivity contribution in [3.05, 3.63) is 140 Å². The number of hydrogen-bond acceptors (Lipinski definition) is 4. The number of para-hydroxylation sites is 1. The van der Waals surface area contributed by atoms with Gasteiger partial charge in [0, 0.05) is 0 Å². The molecule has 0 saturated carbocycles. The Morgan fingerprint density at radius 3 is 2.00 bits per heavy atom. The van der Waals surface area contributed by atoms with E-state index < -0.39 is 0 Å². The number of hydrogen-bond donors (Lipinski definition) is 0. The minimum atomic E-state index is 0.143. The molecular weight excluding hydrogens is 629 g/mol. The number of nitrogens with zero attached hydrogens (tertiary/aromatic N) is 3. The Bertz CT molecular complexity index is 2820. The number of fused-ring (bicyclic) bond motifs is 10. The van der Waals surface area contributed by atoms with Gasteiger partial charge in [-0.3, -0.25) is 0 Å². The van der Waals surface area contributed by atoms with Crippen molar-refractivity contribution in [2.24, 2.45) is 0 Å². The van der Waals surface area contributed by atoms with Crippen LogP contribution >= 0.6 is 0 Å². The fourth-order valence-electron chi connectivity index (χ4n) is 6.85. The van der Waals surface area contributed by atoms with Crippen LogP contribution in [0.5, 0.6) is 0 Å². The normalized spacial score (nSPS) is 11.9. The molecule has 0 aliphatic rings. The molecule has 0 N–H and O–H groups in total. The number of furan rings is 1. The summed E-state index contributed by atoms with van der Waals surface area (Å²) in [6.45, 7) is 0. The van der Waals surface area contributed by atoms with Crippen molar-refractivity contribution >= 4 is 77.3 Å². The Labute approximate surface area is 269 Å². The summed E-state index contributed by atoms with van der Waals surface area (Å²) in [6, 6.07) is 48.8. The predicted octanol–water partition coefficient (Wildman–Crippen LogP) is 10.4. The van der Waals surface area contributed by atoms with Gasteiger partial charge in [0.05, 0.1) is 0 Å². The van der Waals surface area contributed by atoms with Crippen LogP contribution in [-0.4, -0.2) is 29.5 Å². The fourth-order valence-corrected chi connectivity index (χ4v) is 9.57. The van der Waals surface area contributed by atoms with Crippen LogP contribution in [0.2, 0.25) is 0 Å². The van der Waals surface area contributed by atoms with Crippen LogP contribution in [0, 0.1) is 0 Å². The third-order valence-corrected chi connectivity index (χ3v) is 11.4. The van der Waals surface area contributed by atoms with E-state index in [-0.39, 0.29) is 14.5 Å². The van der Waals surface area contributed by atoms with Crippen molar-refractivity contribution < 1.29 is 4.42 Å². The molecule has 214 valence electrons. The van der Waals surface area contributed by atoms with Crippen molar-refractivity contribution in [3.63, 3.8) is 0 Å². The van der Waals surface area contributed by atoms with E-state index in [1.165, 1.54) is 40.8 Å². The first-order valence-corrected chi connectivity index (χ1v) is 17.0. The first-order chi connectivity index (χ1) is 22.8. The van der Waals surface area contributed by atoms with Crippen LogP contribution < -0.4 is 0 Å². The molecule has 4 nitrogen and oxygen atoms in total. The Morgan fingerprint density at radius 2 is 1.11 bits per heavy atom. The molecular formula is C41H23N3OSe. The van der Waals surface area contributed by atoms with Gasteiger partial charge >= 0.3 is 270 Å². The van der Waals surface area contributed by atoms with E-state index in [1.54, 1.807) is 0 Å². The molecule has 5 heteroatoms. The summed E-state index contributed by atoms with van der Waals surface area (Å²) in [5.74, 6) is 1.95. The van der Waals surface area contributed by atoms with Gasteiger partial charge in [0.2, 0.25) is 0 Å². The Balaban J connectivity index is 1.34. The van der Waals surface area contributed by atoms with Crippen LogP contribution in [0.1, 0.15) is 0 Å². The summed E-state index contributed by atoms with van der Waals surface area (Å²) in [7, 11) is 0. The van der Waals surface area contributed by atoms with Gasteiger partial charge in [0.25, 0.3) is 0 Å². The Kier molecular flexibility index (Phi) is 5.56. The van der Waals surface area contributed by atoms with Crippen molar-refractivity contribution in [2.45, 2.75) is 0 Å². The van der Waals surface area contributed by atoms with Crippen molar-refractivity contribution in [2.75, 3.05) is 0 Å². The molecule has 7 aromatic carbocycles. The van der Waals surface area contributed by atoms with Gasteiger partial charge < -0.3 is 0 Å². The summed E-state index contributed by atoms with van der Waals surface area (Å²) in [5.41, 5.74) is 4.58. The van der Waals surface area contributed by atoms with Crippen LogP contribution in [0.4, 0.5) is 0 Å². The zero-order valence-electron chi connectivity index (χ0n) is 24.4. The molecule has 0 fully saturated rings. The second-order valence-electron chi connectivity index (χ2n) is 11.6. The van der Waals surface area contributed by atoms with Gasteiger partial charge in [-0.15, -0.1) is 0 Å². The average molecular weight is 653 g/mol. The Morgan fingerprint density at radius 1 is 0.435 bits per heavy atom. The summed E-state index contributed by atoms with van der Waals surface area (Å²) in [6.07, 6.45) is 0. The molecule has 0 atom stereocenters. The Hall–Kier alpha value is -5.61. The minimum absolute atomic E-state index is 0.143. The van der Waals surface area contributed by atoms with E-state index in [4.69, 9.17) is 19.4 Å². The molecule has 3 heterocycles. The van der Waals surface area contributed by atoms with E-state index in [1.807, 2.05) is 48.5 Å². The third kappa shape index (κ3) is 3.83. The zero-order chi connectivity index (χ0) is 30.2. The van der Waals surface area contributed by atoms with Crippen LogP contribution in [0.15, 0.2) is 144 Å².